The Morgan fingerprint density at radius 3 is 1.18 bits per heavy atom. The van der Waals surface area contributed by atoms with Gasteiger partial charge in [-0.15, -0.1) is 0 Å². The summed E-state index contributed by atoms with van der Waals surface area (Å²) in [4.78, 5) is 5.05. The van der Waals surface area contributed by atoms with Crippen molar-refractivity contribution in [2.45, 2.75) is 31.3 Å². The second-order valence-corrected chi connectivity index (χ2v) is 7.36. The van der Waals surface area contributed by atoms with Crippen molar-refractivity contribution in [2.24, 2.45) is 5.92 Å². The number of hydrogen-bond acceptors (Lipinski definition) is 6. The lowest BCUT2D eigenvalue weighted by Gasteiger charge is -2.29. The molecular weight excluding hydrogens is 284 g/mol. The molecule has 6 heteroatoms. The number of nitrogens with zero attached hydrogens (tertiary/aromatic N) is 2. The van der Waals surface area contributed by atoms with Crippen molar-refractivity contribution in [3.63, 3.8) is 0 Å². The Balaban J connectivity index is 1.23. The minimum absolute atomic E-state index is 0.460. The predicted octanol–water partition coefficient (Wildman–Crippen LogP) is -0.178. The molecular formula is C16H28N2O4. The van der Waals surface area contributed by atoms with Gasteiger partial charge in [0.2, 0.25) is 0 Å². The lowest BCUT2D eigenvalue weighted by Crippen LogP contribution is -2.41. The summed E-state index contributed by atoms with van der Waals surface area (Å²) in [7, 11) is 0. The topological polar surface area (TPSA) is 56.6 Å². The second kappa shape index (κ2) is 6.71. The average Bonchev–Trinajstić information content (AvgIpc) is 3.31. The molecule has 0 spiro atoms. The van der Waals surface area contributed by atoms with Gasteiger partial charge in [0.25, 0.3) is 0 Å². The molecule has 6 nitrogen and oxygen atoms in total. The zero-order valence-electron chi connectivity index (χ0n) is 13.5. The van der Waals surface area contributed by atoms with Gasteiger partial charge in [0.1, 0.15) is 0 Å². The maximum atomic E-state index is 5.40. The monoisotopic (exact) mass is 312 g/mol. The van der Waals surface area contributed by atoms with Crippen molar-refractivity contribution in [1.82, 2.24) is 9.80 Å². The van der Waals surface area contributed by atoms with E-state index in [4.69, 9.17) is 18.9 Å². The Bertz CT molecular complexity index is 305. The minimum atomic E-state index is 0.460. The quantitative estimate of drug-likeness (QED) is 0.466. The summed E-state index contributed by atoms with van der Waals surface area (Å²) in [5, 5.41) is 0. The first-order valence-corrected chi connectivity index (χ1v) is 8.65. The fourth-order valence-corrected chi connectivity index (χ4v) is 3.23. The van der Waals surface area contributed by atoms with Gasteiger partial charge in [0.15, 0.2) is 0 Å². The van der Waals surface area contributed by atoms with Crippen LogP contribution in [0.3, 0.4) is 0 Å². The van der Waals surface area contributed by atoms with Crippen LogP contribution in [-0.4, -0.2) is 99.9 Å². The molecule has 0 aromatic heterocycles. The maximum absolute atomic E-state index is 5.40. The molecule has 0 aliphatic carbocycles. The van der Waals surface area contributed by atoms with Crippen molar-refractivity contribution in [1.29, 1.82) is 0 Å². The minimum Gasteiger partial charge on any atom is -0.372 e. The smallest absolute Gasteiger partial charge is 0.0936 e. The van der Waals surface area contributed by atoms with E-state index in [-0.39, 0.29) is 0 Å². The normalized spacial score (nSPS) is 36.7. The molecule has 4 aliphatic rings. The zero-order valence-corrected chi connectivity index (χ0v) is 13.5. The molecule has 0 aromatic carbocycles. The lowest BCUT2D eigenvalue weighted by atomic mass is 10.1. The number of hydrogen-bond donors (Lipinski definition) is 0. The molecule has 0 N–H and O–H groups in total. The van der Waals surface area contributed by atoms with E-state index in [1.165, 1.54) is 0 Å². The van der Waals surface area contributed by atoms with Crippen LogP contribution >= 0.6 is 0 Å². The van der Waals surface area contributed by atoms with Crippen LogP contribution in [0.25, 0.3) is 0 Å². The first-order valence-electron chi connectivity index (χ1n) is 8.65. The Morgan fingerprint density at radius 2 is 0.955 bits per heavy atom. The van der Waals surface area contributed by atoms with E-state index in [1.54, 1.807) is 0 Å². The molecule has 0 saturated carbocycles. The Labute approximate surface area is 132 Å². The van der Waals surface area contributed by atoms with Gasteiger partial charge in [0, 0.05) is 39.3 Å². The van der Waals surface area contributed by atoms with E-state index >= 15 is 0 Å². The van der Waals surface area contributed by atoms with Crippen LogP contribution in [0.5, 0.6) is 0 Å². The highest BCUT2D eigenvalue weighted by Crippen LogP contribution is 2.19. The van der Waals surface area contributed by atoms with Gasteiger partial charge in [0.05, 0.1) is 50.8 Å². The Morgan fingerprint density at radius 1 is 0.682 bits per heavy atom. The average molecular weight is 312 g/mol. The van der Waals surface area contributed by atoms with Gasteiger partial charge in [-0.25, -0.2) is 0 Å². The highest BCUT2D eigenvalue weighted by molar-refractivity contribution is 4.84. The highest BCUT2D eigenvalue weighted by atomic mass is 16.6. The van der Waals surface area contributed by atoms with Crippen molar-refractivity contribution in [2.75, 3.05) is 65.7 Å². The van der Waals surface area contributed by atoms with E-state index < -0.39 is 0 Å². The Kier molecular flexibility index (Phi) is 4.66. The third-order valence-electron chi connectivity index (χ3n) is 4.60. The predicted molar refractivity (Wildman–Crippen MR) is 81.0 cm³/mol. The van der Waals surface area contributed by atoms with E-state index in [2.05, 4.69) is 16.7 Å². The SMILES string of the molecule is CC(CN(CC1CO1)CC1CO1)CN(CC1CO1)CC1CO1. The van der Waals surface area contributed by atoms with Gasteiger partial charge in [-0.2, -0.15) is 0 Å². The molecule has 0 bridgehead atoms. The van der Waals surface area contributed by atoms with E-state index in [9.17, 15) is 0 Å². The van der Waals surface area contributed by atoms with Crippen molar-refractivity contribution < 1.29 is 18.9 Å². The van der Waals surface area contributed by atoms with Crippen LogP contribution in [0.2, 0.25) is 0 Å². The number of epoxide rings is 4. The molecule has 0 radical (unpaired) electrons. The third kappa shape index (κ3) is 5.44. The molecule has 4 saturated heterocycles. The summed E-state index contributed by atoms with van der Waals surface area (Å²) in [6.45, 7) is 12.5. The molecule has 0 amide bonds. The molecule has 22 heavy (non-hydrogen) atoms. The van der Waals surface area contributed by atoms with Crippen LogP contribution in [0.15, 0.2) is 0 Å². The van der Waals surface area contributed by atoms with E-state index in [0.717, 1.165) is 65.7 Å². The van der Waals surface area contributed by atoms with Crippen LogP contribution in [-0.2, 0) is 18.9 Å². The van der Waals surface area contributed by atoms with Crippen LogP contribution < -0.4 is 0 Å². The fraction of sp³-hybridized carbons (Fsp3) is 1.00. The summed E-state index contributed by atoms with van der Waals surface area (Å²) >= 11 is 0. The van der Waals surface area contributed by atoms with E-state index in [1.807, 2.05) is 0 Å². The van der Waals surface area contributed by atoms with Gasteiger partial charge in [-0.05, 0) is 5.92 Å². The molecule has 4 aliphatic heterocycles. The zero-order chi connectivity index (χ0) is 14.9. The first kappa shape index (κ1) is 15.3. The lowest BCUT2D eigenvalue weighted by molar-refractivity contribution is 0.152. The fourth-order valence-electron chi connectivity index (χ4n) is 3.23. The summed E-state index contributed by atoms with van der Waals surface area (Å²) in [5.41, 5.74) is 0. The Hall–Kier alpha value is -0.240. The van der Waals surface area contributed by atoms with Crippen molar-refractivity contribution in [3.05, 3.63) is 0 Å². The van der Waals surface area contributed by atoms with Gasteiger partial charge < -0.3 is 18.9 Å². The number of rotatable bonds is 12. The van der Waals surface area contributed by atoms with Crippen LogP contribution in [0.1, 0.15) is 6.92 Å². The van der Waals surface area contributed by atoms with Gasteiger partial charge in [-0.3, -0.25) is 9.80 Å². The summed E-state index contributed by atoms with van der Waals surface area (Å²) < 4.78 is 21.6. The summed E-state index contributed by atoms with van der Waals surface area (Å²) in [5.74, 6) is 0.634. The molecule has 4 unspecified atom stereocenters. The van der Waals surface area contributed by atoms with Crippen molar-refractivity contribution >= 4 is 0 Å². The molecule has 4 heterocycles. The van der Waals surface area contributed by atoms with Gasteiger partial charge in [-0.1, -0.05) is 6.92 Å². The van der Waals surface area contributed by atoms with Crippen LogP contribution in [0.4, 0.5) is 0 Å². The van der Waals surface area contributed by atoms with E-state index in [0.29, 0.717) is 30.3 Å². The highest BCUT2D eigenvalue weighted by Gasteiger charge is 2.33. The maximum Gasteiger partial charge on any atom is 0.0936 e. The second-order valence-electron chi connectivity index (χ2n) is 7.36. The van der Waals surface area contributed by atoms with Crippen LogP contribution in [0, 0.1) is 5.92 Å². The first-order chi connectivity index (χ1) is 10.7. The molecule has 0 aromatic rings. The molecule has 4 fully saturated rings. The molecule has 4 rings (SSSR count). The third-order valence-corrected chi connectivity index (χ3v) is 4.60. The summed E-state index contributed by atoms with van der Waals surface area (Å²) in [6, 6.07) is 0. The summed E-state index contributed by atoms with van der Waals surface area (Å²) in [6.07, 6.45) is 1.84. The largest absolute Gasteiger partial charge is 0.372 e. The molecule has 126 valence electrons. The van der Waals surface area contributed by atoms with Gasteiger partial charge >= 0.3 is 0 Å². The molecule has 4 atom stereocenters. The standard InChI is InChI=1S/C16H28N2O4/c1-12(2-17(4-13-8-19-13)5-14-9-20-14)3-18(6-15-10-21-15)7-16-11-22-16/h12-16H,2-11H2,1H3. The number of ether oxygens (including phenoxy) is 4. The van der Waals surface area contributed by atoms with Crippen molar-refractivity contribution in [3.8, 4) is 0 Å².